The molecule has 1 atom stereocenters. The molecule has 0 aromatic heterocycles. The van der Waals surface area contributed by atoms with Gasteiger partial charge in [0.05, 0.1) is 13.1 Å². The predicted octanol–water partition coefficient (Wildman–Crippen LogP) is 0.960. The van der Waals surface area contributed by atoms with Gasteiger partial charge in [-0.3, -0.25) is 9.59 Å². The third-order valence-electron chi connectivity index (χ3n) is 4.68. The van der Waals surface area contributed by atoms with Gasteiger partial charge in [-0.15, -0.1) is 0 Å². The number of β-amino-alcohol motifs (C(OH)–C–C–N with tert-alkyl or cyclic N) is 1. The topological polar surface area (TPSA) is 70.1 Å². The van der Waals surface area contributed by atoms with Crippen molar-refractivity contribution in [2.75, 3.05) is 32.8 Å². The highest BCUT2D eigenvalue weighted by Crippen LogP contribution is 2.24. The first kappa shape index (κ1) is 16.8. The average molecular weight is 332 g/mol. The molecule has 1 aromatic carbocycles. The number of ether oxygens (including phenoxy) is 1. The number of hydrogen-bond donors (Lipinski definition) is 1. The Hall–Kier alpha value is -2.08. The van der Waals surface area contributed by atoms with E-state index in [1.165, 1.54) is 0 Å². The van der Waals surface area contributed by atoms with Gasteiger partial charge in [-0.2, -0.15) is 0 Å². The summed E-state index contributed by atoms with van der Waals surface area (Å²) in [5.74, 6) is 0.660. The zero-order valence-corrected chi connectivity index (χ0v) is 14.0. The lowest BCUT2D eigenvalue weighted by molar-refractivity contribution is -0.138. The van der Waals surface area contributed by atoms with Crippen molar-refractivity contribution in [3.05, 3.63) is 29.8 Å². The largest absolute Gasteiger partial charge is 0.491 e. The first-order valence-electron chi connectivity index (χ1n) is 8.43. The van der Waals surface area contributed by atoms with E-state index in [9.17, 15) is 14.7 Å². The molecule has 130 valence electrons. The summed E-state index contributed by atoms with van der Waals surface area (Å²) in [5.41, 5.74) is 0.0621. The van der Waals surface area contributed by atoms with Crippen LogP contribution in [-0.4, -0.2) is 65.1 Å². The number of likely N-dealkylation sites (tertiary alicyclic amines) is 2. The van der Waals surface area contributed by atoms with Crippen LogP contribution in [0.3, 0.4) is 0 Å². The SMILES string of the molecule is Cc1cccc(OCC2(O)CCN(C(=O)CN3CCCC3=O)C2)c1. The van der Waals surface area contributed by atoms with Crippen LogP contribution in [0.1, 0.15) is 24.8 Å². The molecular weight excluding hydrogens is 308 g/mol. The normalized spacial score (nSPS) is 23.8. The van der Waals surface area contributed by atoms with Crippen molar-refractivity contribution >= 4 is 11.8 Å². The summed E-state index contributed by atoms with van der Waals surface area (Å²) in [6.45, 7) is 3.65. The van der Waals surface area contributed by atoms with E-state index in [1.807, 2.05) is 31.2 Å². The molecule has 2 fully saturated rings. The van der Waals surface area contributed by atoms with Gasteiger partial charge in [0.2, 0.25) is 11.8 Å². The predicted molar refractivity (Wildman–Crippen MR) is 88.6 cm³/mol. The van der Waals surface area contributed by atoms with E-state index in [-0.39, 0.29) is 31.5 Å². The Balaban J connectivity index is 1.51. The molecule has 0 saturated carbocycles. The summed E-state index contributed by atoms with van der Waals surface area (Å²) >= 11 is 0. The van der Waals surface area contributed by atoms with Crippen molar-refractivity contribution in [1.29, 1.82) is 0 Å². The number of nitrogens with zero attached hydrogens (tertiary/aromatic N) is 2. The zero-order chi connectivity index (χ0) is 17.2. The molecule has 2 aliphatic rings. The minimum atomic E-state index is -1.03. The van der Waals surface area contributed by atoms with Crippen LogP contribution in [0.25, 0.3) is 0 Å². The van der Waals surface area contributed by atoms with Gasteiger partial charge in [-0.05, 0) is 37.5 Å². The first-order valence-corrected chi connectivity index (χ1v) is 8.43. The maximum atomic E-state index is 12.3. The Kier molecular flexibility index (Phi) is 4.76. The Morgan fingerprint density at radius 2 is 2.21 bits per heavy atom. The first-order chi connectivity index (χ1) is 11.5. The number of rotatable bonds is 5. The highest BCUT2D eigenvalue weighted by atomic mass is 16.5. The molecule has 3 rings (SSSR count). The van der Waals surface area contributed by atoms with E-state index in [0.29, 0.717) is 25.9 Å². The summed E-state index contributed by atoms with van der Waals surface area (Å²) in [7, 11) is 0. The molecular formula is C18H24N2O4. The number of benzene rings is 1. The monoisotopic (exact) mass is 332 g/mol. The molecule has 2 saturated heterocycles. The summed E-state index contributed by atoms with van der Waals surface area (Å²) in [5, 5.41) is 10.7. The van der Waals surface area contributed by atoms with Gasteiger partial charge in [-0.25, -0.2) is 0 Å². The number of aliphatic hydroxyl groups is 1. The number of hydrogen-bond acceptors (Lipinski definition) is 4. The lowest BCUT2D eigenvalue weighted by atomic mass is 10.1. The Morgan fingerprint density at radius 3 is 2.92 bits per heavy atom. The second-order valence-electron chi connectivity index (χ2n) is 6.81. The van der Waals surface area contributed by atoms with E-state index >= 15 is 0 Å². The summed E-state index contributed by atoms with van der Waals surface area (Å²) in [4.78, 5) is 27.2. The maximum Gasteiger partial charge on any atom is 0.242 e. The van der Waals surface area contributed by atoms with Crippen molar-refractivity contribution in [3.63, 3.8) is 0 Å². The summed E-state index contributed by atoms with van der Waals surface area (Å²) in [6.07, 6.45) is 1.83. The van der Waals surface area contributed by atoms with E-state index in [0.717, 1.165) is 17.7 Å². The molecule has 2 amide bonds. The Bertz CT molecular complexity index is 633. The van der Waals surface area contributed by atoms with Gasteiger partial charge in [0, 0.05) is 19.5 Å². The Morgan fingerprint density at radius 1 is 1.38 bits per heavy atom. The van der Waals surface area contributed by atoms with E-state index in [1.54, 1.807) is 9.80 Å². The number of amides is 2. The summed E-state index contributed by atoms with van der Waals surface area (Å²) < 4.78 is 5.70. The van der Waals surface area contributed by atoms with Crippen LogP contribution < -0.4 is 4.74 Å². The van der Waals surface area contributed by atoms with Crippen molar-refractivity contribution < 1.29 is 19.4 Å². The van der Waals surface area contributed by atoms with Crippen molar-refractivity contribution in [3.8, 4) is 5.75 Å². The van der Waals surface area contributed by atoms with Gasteiger partial charge in [-0.1, -0.05) is 12.1 Å². The molecule has 6 nitrogen and oxygen atoms in total. The molecule has 0 radical (unpaired) electrons. The van der Waals surface area contributed by atoms with Crippen LogP contribution in [0.4, 0.5) is 0 Å². The van der Waals surface area contributed by atoms with Crippen molar-refractivity contribution in [2.45, 2.75) is 31.8 Å². The van der Waals surface area contributed by atoms with Crippen molar-refractivity contribution in [2.24, 2.45) is 0 Å². The summed E-state index contributed by atoms with van der Waals surface area (Å²) in [6, 6.07) is 7.66. The molecule has 0 spiro atoms. The fraction of sp³-hybridized carbons (Fsp3) is 0.556. The lowest BCUT2D eigenvalue weighted by Gasteiger charge is -2.25. The van der Waals surface area contributed by atoms with Gasteiger partial charge < -0.3 is 19.6 Å². The van der Waals surface area contributed by atoms with Crippen LogP contribution in [0.15, 0.2) is 24.3 Å². The molecule has 0 bridgehead atoms. The van der Waals surface area contributed by atoms with E-state index in [4.69, 9.17) is 4.74 Å². The van der Waals surface area contributed by atoms with E-state index < -0.39 is 5.60 Å². The van der Waals surface area contributed by atoms with Crippen LogP contribution in [0, 0.1) is 6.92 Å². The maximum absolute atomic E-state index is 12.3. The lowest BCUT2D eigenvalue weighted by Crippen LogP contribution is -2.44. The third-order valence-corrected chi connectivity index (χ3v) is 4.68. The molecule has 0 aliphatic carbocycles. The Labute approximate surface area is 142 Å². The molecule has 1 N–H and O–H groups in total. The zero-order valence-electron chi connectivity index (χ0n) is 14.0. The van der Waals surface area contributed by atoms with Crippen molar-refractivity contribution in [1.82, 2.24) is 9.80 Å². The van der Waals surface area contributed by atoms with Gasteiger partial charge in [0.1, 0.15) is 18.0 Å². The molecule has 24 heavy (non-hydrogen) atoms. The minimum absolute atomic E-state index is 0.0422. The fourth-order valence-electron chi connectivity index (χ4n) is 3.24. The number of carbonyl (C=O) groups excluding carboxylic acids is 2. The fourth-order valence-corrected chi connectivity index (χ4v) is 3.24. The number of aryl methyl sites for hydroxylation is 1. The van der Waals surface area contributed by atoms with Crippen LogP contribution in [0.5, 0.6) is 5.75 Å². The van der Waals surface area contributed by atoms with Gasteiger partial charge in [0.15, 0.2) is 0 Å². The average Bonchev–Trinajstić information content (AvgIpc) is 3.13. The molecule has 6 heteroatoms. The smallest absolute Gasteiger partial charge is 0.242 e. The highest BCUT2D eigenvalue weighted by Gasteiger charge is 2.39. The van der Waals surface area contributed by atoms with Gasteiger partial charge in [0.25, 0.3) is 0 Å². The van der Waals surface area contributed by atoms with Crippen LogP contribution >= 0.6 is 0 Å². The molecule has 2 heterocycles. The van der Waals surface area contributed by atoms with Gasteiger partial charge >= 0.3 is 0 Å². The highest BCUT2D eigenvalue weighted by molar-refractivity contribution is 5.86. The van der Waals surface area contributed by atoms with Crippen LogP contribution in [0.2, 0.25) is 0 Å². The molecule has 2 aliphatic heterocycles. The van der Waals surface area contributed by atoms with E-state index in [2.05, 4.69) is 0 Å². The minimum Gasteiger partial charge on any atom is -0.491 e. The second-order valence-corrected chi connectivity index (χ2v) is 6.81. The quantitative estimate of drug-likeness (QED) is 0.872. The van der Waals surface area contributed by atoms with Crippen LogP contribution in [-0.2, 0) is 9.59 Å². The molecule has 1 aromatic rings. The molecule has 1 unspecified atom stereocenters. The number of carbonyl (C=O) groups is 2. The second kappa shape index (κ2) is 6.81. The third kappa shape index (κ3) is 3.87. The standard InChI is InChI=1S/C18H24N2O4/c1-14-4-2-5-15(10-14)24-13-18(23)7-9-20(12-18)17(22)11-19-8-3-6-16(19)21/h2,4-5,10,23H,3,6-9,11-13H2,1H3.